The van der Waals surface area contributed by atoms with Crippen molar-refractivity contribution in [3.05, 3.63) is 0 Å². The molecule has 0 aliphatic carbocycles. The number of aliphatic hydroxyl groups excluding tert-OH is 1. The van der Waals surface area contributed by atoms with Crippen LogP contribution < -0.4 is 5.32 Å². The molecule has 1 atom stereocenters. The molecule has 5 heteroatoms. The highest BCUT2D eigenvalue weighted by Crippen LogP contribution is 2.09. The average Bonchev–Trinajstić information content (AvgIpc) is 2.11. The Kier molecular flexibility index (Phi) is 5.61. The van der Waals surface area contributed by atoms with E-state index in [1.807, 2.05) is 0 Å². The van der Waals surface area contributed by atoms with Crippen molar-refractivity contribution in [2.24, 2.45) is 0 Å². The number of nitrogens with one attached hydrogen (secondary N) is 1. The van der Waals surface area contributed by atoms with Gasteiger partial charge in [0.05, 0.1) is 6.61 Å². The Morgan fingerprint density at radius 3 is 2.62 bits per heavy atom. The Morgan fingerprint density at radius 2 is 2.23 bits per heavy atom. The van der Waals surface area contributed by atoms with Crippen LogP contribution in [0.4, 0.5) is 0 Å². The fraction of sp³-hybridized carbons (Fsp3) is 0.875. The number of methoxy groups -OCH3 is 1. The van der Waals surface area contributed by atoms with E-state index in [0.29, 0.717) is 13.0 Å². The number of hydrogen-bond acceptors (Lipinski definition) is 4. The molecule has 13 heavy (non-hydrogen) atoms. The molecule has 0 aromatic carbocycles. The van der Waals surface area contributed by atoms with E-state index < -0.39 is 11.5 Å². The lowest BCUT2D eigenvalue weighted by atomic mass is 9.98. The van der Waals surface area contributed by atoms with Gasteiger partial charge < -0.3 is 14.9 Å². The van der Waals surface area contributed by atoms with Crippen molar-refractivity contribution in [3.63, 3.8) is 0 Å². The monoisotopic (exact) mass is 191 g/mol. The molecule has 78 valence electrons. The number of carbonyl (C=O) groups is 1. The van der Waals surface area contributed by atoms with Crippen molar-refractivity contribution < 1.29 is 19.7 Å². The second-order valence-electron chi connectivity index (χ2n) is 3.03. The quantitative estimate of drug-likeness (QED) is 0.503. The summed E-state index contributed by atoms with van der Waals surface area (Å²) in [4.78, 5) is 10.8. The standard InChI is InChI=1S/C8H17NO4/c1-8(7(11)12,3-6-13-2)9-4-5-10/h9-10H,3-6H2,1-2H3,(H,11,12). The van der Waals surface area contributed by atoms with Gasteiger partial charge in [-0.1, -0.05) is 0 Å². The van der Waals surface area contributed by atoms with Crippen LogP contribution in [-0.4, -0.2) is 48.6 Å². The van der Waals surface area contributed by atoms with Gasteiger partial charge >= 0.3 is 5.97 Å². The number of carboxylic acid groups (broad SMARTS) is 1. The zero-order chi connectivity index (χ0) is 10.3. The van der Waals surface area contributed by atoms with Crippen LogP contribution in [-0.2, 0) is 9.53 Å². The molecule has 0 amide bonds. The third-order valence-electron chi connectivity index (χ3n) is 1.91. The van der Waals surface area contributed by atoms with Crippen molar-refractivity contribution >= 4 is 5.97 Å². The number of carboxylic acids is 1. The predicted molar refractivity (Wildman–Crippen MR) is 47.6 cm³/mol. The molecule has 0 spiro atoms. The van der Waals surface area contributed by atoms with Gasteiger partial charge in [-0.15, -0.1) is 0 Å². The van der Waals surface area contributed by atoms with Crippen LogP contribution in [0.15, 0.2) is 0 Å². The Balaban J connectivity index is 4.08. The molecular formula is C8H17NO4. The van der Waals surface area contributed by atoms with Gasteiger partial charge in [0, 0.05) is 20.3 Å². The van der Waals surface area contributed by atoms with Crippen molar-refractivity contribution in [2.75, 3.05) is 26.9 Å². The summed E-state index contributed by atoms with van der Waals surface area (Å²) in [6.07, 6.45) is 0.374. The predicted octanol–water partition coefficient (Wildman–Crippen LogP) is -0.552. The molecular weight excluding hydrogens is 174 g/mol. The largest absolute Gasteiger partial charge is 0.480 e. The third-order valence-corrected chi connectivity index (χ3v) is 1.91. The molecule has 3 N–H and O–H groups in total. The van der Waals surface area contributed by atoms with Gasteiger partial charge in [0.1, 0.15) is 5.54 Å². The maximum atomic E-state index is 10.8. The first kappa shape index (κ1) is 12.3. The summed E-state index contributed by atoms with van der Waals surface area (Å²) in [6, 6.07) is 0. The zero-order valence-corrected chi connectivity index (χ0v) is 8.04. The highest BCUT2D eigenvalue weighted by atomic mass is 16.5. The molecule has 0 rings (SSSR count). The van der Waals surface area contributed by atoms with Crippen LogP contribution in [0.3, 0.4) is 0 Å². The van der Waals surface area contributed by atoms with Crippen molar-refractivity contribution in [1.82, 2.24) is 5.32 Å². The maximum Gasteiger partial charge on any atom is 0.323 e. The minimum atomic E-state index is -1.02. The fourth-order valence-electron chi connectivity index (χ4n) is 0.909. The first-order chi connectivity index (χ1) is 6.06. The topological polar surface area (TPSA) is 78.8 Å². The van der Waals surface area contributed by atoms with Gasteiger partial charge in [-0.25, -0.2) is 0 Å². The highest BCUT2D eigenvalue weighted by Gasteiger charge is 2.31. The second kappa shape index (κ2) is 5.90. The van der Waals surface area contributed by atoms with Crippen LogP contribution in [0.1, 0.15) is 13.3 Å². The molecule has 0 saturated heterocycles. The number of β-amino-alcohol motifs (C(OH)–C–C–N with tert-alkyl or cyclic N) is 1. The number of ether oxygens (including phenoxy) is 1. The first-order valence-corrected chi connectivity index (χ1v) is 4.15. The van der Waals surface area contributed by atoms with Crippen molar-refractivity contribution in [2.45, 2.75) is 18.9 Å². The molecule has 0 aliphatic heterocycles. The van der Waals surface area contributed by atoms with Crippen LogP contribution in [0.2, 0.25) is 0 Å². The van der Waals surface area contributed by atoms with Crippen LogP contribution in [0.5, 0.6) is 0 Å². The first-order valence-electron chi connectivity index (χ1n) is 4.15. The van der Waals surface area contributed by atoms with E-state index in [0.717, 1.165) is 0 Å². The molecule has 0 aromatic heterocycles. The Labute approximate surface area is 77.7 Å². The van der Waals surface area contributed by atoms with Crippen molar-refractivity contribution in [1.29, 1.82) is 0 Å². The fourth-order valence-corrected chi connectivity index (χ4v) is 0.909. The SMILES string of the molecule is COCCC(C)(NCCO)C(=O)O. The van der Waals surface area contributed by atoms with Crippen LogP contribution in [0, 0.1) is 0 Å². The Morgan fingerprint density at radius 1 is 1.62 bits per heavy atom. The van der Waals surface area contributed by atoms with Gasteiger partial charge in [-0.05, 0) is 13.3 Å². The van der Waals surface area contributed by atoms with Crippen molar-refractivity contribution in [3.8, 4) is 0 Å². The summed E-state index contributed by atoms with van der Waals surface area (Å²) in [6.45, 7) is 2.15. The van der Waals surface area contributed by atoms with Gasteiger partial charge in [-0.3, -0.25) is 10.1 Å². The molecule has 0 fully saturated rings. The molecule has 0 radical (unpaired) electrons. The van der Waals surface area contributed by atoms with Gasteiger partial charge in [-0.2, -0.15) is 0 Å². The normalized spacial score (nSPS) is 15.3. The maximum absolute atomic E-state index is 10.8. The Bertz CT molecular complexity index is 152. The van der Waals surface area contributed by atoms with E-state index >= 15 is 0 Å². The molecule has 1 unspecified atom stereocenters. The summed E-state index contributed by atoms with van der Waals surface area (Å²) in [7, 11) is 1.52. The smallest absolute Gasteiger partial charge is 0.323 e. The van der Waals surface area contributed by atoms with Gasteiger partial charge in [0.25, 0.3) is 0 Å². The molecule has 0 saturated carbocycles. The molecule has 0 bridgehead atoms. The van der Waals surface area contributed by atoms with Crippen LogP contribution >= 0.6 is 0 Å². The lowest BCUT2D eigenvalue weighted by Crippen LogP contribution is -2.51. The van der Waals surface area contributed by atoms with Gasteiger partial charge in [0.15, 0.2) is 0 Å². The summed E-state index contributed by atoms with van der Waals surface area (Å²) in [5.41, 5.74) is -1.02. The van der Waals surface area contributed by atoms with E-state index in [-0.39, 0.29) is 13.2 Å². The Hall–Kier alpha value is -0.650. The van der Waals surface area contributed by atoms with E-state index in [2.05, 4.69) is 5.32 Å². The molecule has 0 aliphatic rings. The lowest BCUT2D eigenvalue weighted by Gasteiger charge is -2.25. The number of aliphatic hydroxyl groups is 1. The zero-order valence-electron chi connectivity index (χ0n) is 8.04. The summed E-state index contributed by atoms with van der Waals surface area (Å²) >= 11 is 0. The lowest BCUT2D eigenvalue weighted by molar-refractivity contribution is -0.145. The molecule has 5 nitrogen and oxygen atoms in total. The number of rotatable bonds is 7. The minimum absolute atomic E-state index is 0.0736. The summed E-state index contributed by atoms with van der Waals surface area (Å²) in [5.74, 6) is -0.932. The van der Waals surface area contributed by atoms with E-state index in [1.165, 1.54) is 7.11 Å². The van der Waals surface area contributed by atoms with E-state index in [4.69, 9.17) is 14.9 Å². The summed E-state index contributed by atoms with van der Waals surface area (Å²) < 4.78 is 4.80. The third kappa shape index (κ3) is 4.21. The van der Waals surface area contributed by atoms with E-state index in [1.54, 1.807) is 6.92 Å². The molecule has 0 aromatic rings. The van der Waals surface area contributed by atoms with Crippen LogP contribution in [0.25, 0.3) is 0 Å². The van der Waals surface area contributed by atoms with E-state index in [9.17, 15) is 4.79 Å². The molecule has 0 heterocycles. The summed E-state index contributed by atoms with van der Waals surface area (Å²) in [5, 5.41) is 20.2. The number of hydrogen-bond donors (Lipinski definition) is 3. The van der Waals surface area contributed by atoms with Gasteiger partial charge in [0.2, 0.25) is 0 Å². The highest BCUT2D eigenvalue weighted by molar-refractivity contribution is 5.78. The number of aliphatic carboxylic acids is 1. The minimum Gasteiger partial charge on any atom is -0.480 e. The second-order valence-corrected chi connectivity index (χ2v) is 3.03. The average molecular weight is 191 g/mol.